The molecule has 1 amide bonds. The fourth-order valence-corrected chi connectivity index (χ4v) is 3.12. The van der Waals surface area contributed by atoms with Crippen molar-refractivity contribution in [2.24, 2.45) is 0 Å². The zero-order chi connectivity index (χ0) is 19.2. The number of aryl methyl sites for hydroxylation is 1. The van der Waals surface area contributed by atoms with Crippen LogP contribution in [0.1, 0.15) is 21.7 Å². The first-order valence-corrected chi connectivity index (χ1v) is 8.23. The van der Waals surface area contributed by atoms with E-state index >= 15 is 0 Å². The van der Waals surface area contributed by atoms with Crippen LogP contribution in [0, 0.1) is 6.92 Å². The lowest BCUT2D eigenvalue weighted by molar-refractivity contribution is -0.137. The largest absolute Gasteiger partial charge is 0.416 e. The number of nitrogens with zero attached hydrogens (tertiary/aromatic N) is 2. The van der Waals surface area contributed by atoms with Gasteiger partial charge in [-0.1, -0.05) is 34.8 Å². The number of pyridine rings is 1. The van der Waals surface area contributed by atoms with Crippen molar-refractivity contribution >= 4 is 52.0 Å². The SMILES string of the molecule is Cc1nc2c(Cl)cc(Cl)cn2c1C(=O)Nc1cc(C(F)(F)F)ccc1Cl. The van der Waals surface area contributed by atoms with Gasteiger partial charge in [-0.15, -0.1) is 0 Å². The third kappa shape index (κ3) is 3.47. The minimum atomic E-state index is -4.57. The molecule has 10 heteroatoms. The van der Waals surface area contributed by atoms with Gasteiger partial charge in [0.2, 0.25) is 0 Å². The summed E-state index contributed by atoms with van der Waals surface area (Å²) in [5.74, 6) is -0.699. The Balaban J connectivity index is 2.04. The summed E-state index contributed by atoms with van der Waals surface area (Å²) in [7, 11) is 0. The zero-order valence-electron chi connectivity index (χ0n) is 13.0. The van der Waals surface area contributed by atoms with Gasteiger partial charge in [-0.05, 0) is 31.2 Å². The van der Waals surface area contributed by atoms with Gasteiger partial charge in [0.25, 0.3) is 5.91 Å². The monoisotopic (exact) mass is 421 g/mol. The van der Waals surface area contributed by atoms with E-state index in [2.05, 4.69) is 10.3 Å². The number of benzene rings is 1. The summed E-state index contributed by atoms with van der Waals surface area (Å²) in [4.78, 5) is 16.8. The van der Waals surface area contributed by atoms with Gasteiger partial charge in [0.1, 0.15) is 5.69 Å². The van der Waals surface area contributed by atoms with E-state index < -0.39 is 17.6 Å². The molecule has 26 heavy (non-hydrogen) atoms. The second-order valence-electron chi connectivity index (χ2n) is 5.39. The molecule has 0 aliphatic rings. The molecule has 0 spiro atoms. The minimum Gasteiger partial charge on any atom is -0.319 e. The van der Waals surface area contributed by atoms with Crippen LogP contribution in [0.2, 0.25) is 15.1 Å². The van der Waals surface area contributed by atoms with Crippen molar-refractivity contribution in [2.45, 2.75) is 13.1 Å². The molecule has 0 bridgehead atoms. The quantitative estimate of drug-likeness (QED) is 0.561. The Morgan fingerprint density at radius 2 is 1.85 bits per heavy atom. The number of halogens is 6. The summed E-state index contributed by atoms with van der Waals surface area (Å²) in [6.45, 7) is 1.57. The lowest BCUT2D eigenvalue weighted by atomic mass is 10.2. The van der Waals surface area contributed by atoms with E-state index in [9.17, 15) is 18.0 Å². The fourth-order valence-electron chi connectivity index (χ4n) is 2.44. The smallest absolute Gasteiger partial charge is 0.319 e. The number of carbonyl (C=O) groups is 1. The highest BCUT2D eigenvalue weighted by atomic mass is 35.5. The number of anilines is 1. The van der Waals surface area contributed by atoms with Crippen LogP contribution in [0.5, 0.6) is 0 Å². The molecule has 0 radical (unpaired) electrons. The average Bonchev–Trinajstić information content (AvgIpc) is 2.84. The summed E-state index contributed by atoms with van der Waals surface area (Å²) in [6.07, 6.45) is -3.13. The average molecular weight is 423 g/mol. The third-order valence-electron chi connectivity index (χ3n) is 3.57. The van der Waals surface area contributed by atoms with Crippen LogP contribution >= 0.6 is 34.8 Å². The van der Waals surface area contributed by atoms with Crippen molar-refractivity contribution < 1.29 is 18.0 Å². The Labute approximate surface area is 160 Å². The van der Waals surface area contributed by atoms with Gasteiger partial charge in [-0.3, -0.25) is 9.20 Å². The van der Waals surface area contributed by atoms with Crippen LogP contribution in [-0.4, -0.2) is 15.3 Å². The number of rotatable bonds is 2. The van der Waals surface area contributed by atoms with E-state index in [0.29, 0.717) is 11.3 Å². The molecule has 1 N–H and O–H groups in total. The first kappa shape index (κ1) is 18.8. The standard InChI is InChI=1S/C16H9Cl3F3N3O/c1-7-13(25-6-9(17)5-11(19)14(25)23-7)15(26)24-12-4-8(16(20,21)22)2-3-10(12)18/h2-6H,1H3,(H,24,26). The van der Waals surface area contributed by atoms with E-state index in [4.69, 9.17) is 34.8 Å². The highest BCUT2D eigenvalue weighted by molar-refractivity contribution is 6.36. The Morgan fingerprint density at radius 3 is 2.50 bits per heavy atom. The van der Waals surface area contributed by atoms with E-state index in [1.54, 1.807) is 6.92 Å². The lowest BCUT2D eigenvalue weighted by Crippen LogP contribution is -2.16. The predicted molar refractivity (Wildman–Crippen MR) is 94.4 cm³/mol. The number of amides is 1. The molecule has 2 aromatic heterocycles. The molecule has 0 saturated carbocycles. The number of fused-ring (bicyclic) bond motifs is 1. The summed E-state index contributed by atoms with van der Waals surface area (Å²) >= 11 is 17.9. The highest BCUT2D eigenvalue weighted by Crippen LogP contribution is 2.34. The highest BCUT2D eigenvalue weighted by Gasteiger charge is 2.31. The molecule has 4 nitrogen and oxygen atoms in total. The Kier molecular flexibility index (Phi) is 4.81. The number of aromatic nitrogens is 2. The van der Waals surface area contributed by atoms with E-state index in [-0.39, 0.29) is 26.4 Å². The van der Waals surface area contributed by atoms with Crippen molar-refractivity contribution in [3.05, 3.63) is 62.5 Å². The van der Waals surface area contributed by atoms with E-state index in [1.165, 1.54) is 16.7 Å². The summed E-state index contributed by atoms with van der Waals surface area (Å²) in [5.41, 5.74) is -0.395. The Hall–Kier alpha value is -1.96. The second kappa shape index (κ2) is 6.64. The van der Waals surface area contributed by atoms with Gasteiger partial charge in [0.05, 0.1) is 32.0 Å². The maximum atomic E-state index is 12.9. The maximum Gasteiger partial charge on any atom is 0.416 e. The van der Waals surface area contributed by atoms with Gasteiger partial charge in [0.15, 0.2) is 5.65 Å². The Bertz CT molecular complexity index is 1030. The molecule has 2 heterocycles. The first-order chi connectivity index (χ1) is 12.1. The van der Waals surface area contributed by atoms with Crippen LogP contribution in [-0.2, 0) is 6.18 Å². The van der Waals surface area contributed by atoms with Gasteiger partial charge >= 0.3 is 6.18 Å². The lowest BCUT2D eigenvalue weighted by Gasteiger charge is -2.12. The minimum absolute atomic E-state index is 0.0334. The molecule has 0 saturated heterocycles. The molecule has 3 aromatic rings. The van der Waals surface area contributed by atoms with E-state index in [1.807, 2.05) is 0 Å². The van der Waals surface area contributed by atoms with Crippen LogP contribution in [0.4, 0.5) is 18.9 Å². The Morgan fingerprint density at radius 1 is 1.15 bits per heavy atom. The van der Waals surface area contributed by atoms with E-state index in [0.717, 1.165) is 18.2 Å². The van der Waals surface area contributed by atoms with Crippen LogP contribution in [0.15, 0.2) is 30.5 Å². The third-order valence-corrected chi connectivity index (χ3v) is 4.39. The first-order valence-electron chi connectivity index (χ1n) is 7.09. The molecule has 3 rings (SSSR count). The van der Waals surface area contributed by atoms with Crippen LogP contribution in [0.3, 0.4) is 0 Å². The molecule has 136 valence electrons. The summed E-state index contributed by atoms with van der Waals surface area (Å²) in [6, 6.07) is 4.13. The molecular formula is C16H9Cl3F3N3O. The summed E-state index contributed by atoms with van der Waals surface area (Å²) < 4.78 is 40.0. The number of imidazole rings is 1. The summed E-state index contributed by atoms with van der Waals surface area (Å²) in [5, 5.41) is 2.85. The van der Waals surface area contributed by atoms with Crippen molar-refractivity contribution in [3.63, 3.8) is 0 Å². The van der Waals surface area contributed by atoms with Crippen molar-refractivity contribution in [3.8, 4) is 0 Å². The number of hydrogen-bond donors (Lipinski definition) is 1. The normalized spacial score (nSPS) is 11.8. The molecule has 0 aliphatic carbocycles. The number of carbonyl (C=O) groups excluding carboxylic acids is 1. The second-order valence-corrected chi connectivity index (χ2v) is 6.64. The molecule has 0 atom stereocenters. The zero-order valence-corrected chi connectivity index (χ0v) is 15.2. The van der Waals surface area contributed by atoms with Gasteiger partial charge in [0, 0.05) is 6.20 Å². The van der Waals surface area contributed by atoms with Gasteiger partial charge < -0.3 is 5.32 Å². The van der Waals surface area contributed by atoms with Gasteiger partial charge in [-0.25, -0.2) is 4.98 Å². The number of alkyl halides is 3. The molecule has 1 aromatic carbocycles. The van der Waals surface area contributed by atoms with Crippen molar-refractivity contribution in [1.82, 2.24) is 9.38 Å². The fraction of sp³-hybridized carbons (Fsp3) is 0.125. The number of hydrogen-bond acceptors (Lipinski definition) is 2. The molecular weight excluding hydrogens is 414 g/mol. The van der Waals surface area contributed by atoms with Crippen LogP contribution in [0.25, 0.3) is 5.65 Å². The van der Waals surface area contributed by atoms with Crippen molar-refractivity contribution in [1.29, 1.82) is 0 Å². The maximum absolute atomic E-state index is 12.9. The molecule has 0 fully saturated rings. The molecule has 0 aliphatic heterocycles. The van der Waals surface area contributed by atoms with Crippen LogP contribution < -0.4 is 5.32 Å². The van der Waals surface area contributed by atoms with Crippen molar-refractivity contribution in [2.75, 3.05) is 5.32 Å². The van der Waals surface area contributed by atoms with Gasteiger partial charge in [-0.2, -0.15) is 13.2 Å². The molecule has 0 unspecified atom stereocenters. The number of nitrogens with one attached hydrogen (secondary N) is 1. The predicted octanol–water partition coefficient (Wildman–Crippen LogP) is 5.87. The topological polar surface area (TPSA) is 46.4 Å².